The summed E-state index contributed by atoms with van der Waals surface area (Å²) in [6.45, 7) is 6.29. The first-order valence-electron chi connectivity index (χ1n) is 13.4. The van der Waals surface area contributed by atoms with E-state index in [1.807, 2.05) is 22.4 Å². The molecule has 1 saturated heterocycles. The van der Waals surface area contributed by atoms with E-state index in [0.29, 0.717) is 26.6 Å². The Morgan fingerprint density at radius 2 is 1.83 bits per heavy atom. The van der Waals surface area contributed by atoms with Crippen LogP contribution in [-0.2, 0) is 78.4 Å². The molecule has 3 aromatic rings. The summed E-state index contributed by atoms with van der Waals surface area (Å²) in [6.07, 6.45) is 0.212. The molecule has 1 fully saturated rings. The molecule has 0 radical (unpaired) electrons. The molecule has 0 aliphatic carbocycles. The molecule has 216 valence electrons. The van der Waals surface area contributed by atoms with E-state index in [9.17, 15) is 22.8 Å². The molecular weight excluding hydrogens is 717 g/mol. The Kier molecular flexibility index (Phi) is 12.2. The number of hydrogen-bond acceptors (Lipinski definition) is 6. The van der Waals surface area contributed by atoms with Crippen LogP contribution >= 0.6 is 11.3 Å². The number of pyridine rings is 1. The van der Waals surface area contributed by atoms with Crippen molar-refractivity contribution >= 4 is 34.1 Å². The number of nitrogens with zero attached hydrogens (tertiary/aromatic N) is 3. The topological polar surface area (TPSA) is 77.6 Å². The summed E-state index contributed by atoms with van der Waals surface area (Å²) >= 11 is 2.00. The molecule has 1 aromatic carbocycles. The monoisotopic (exact) mass is 747 g/mol. The zero-order valence-corrected chi connectivity index (χ0v) is 31.0. The predicted octanol–water partition coefficient (Wildman–Crippen LogP) is 3.75. The normalized spacial score (nSPS) is 14.8. The summed E-state index contributed by atoms with van der Waals surface area (Å²) < 4.78 is 44.3. The fourth-order valence-corrected chi connectivity index (χ4v) is 6.95. The number of thiophene rings is 1. The van der Waals surface area contributed by atoms with Gasteiger partial charge in [0.05, 0.1) is 0 Å². The fourth-order valence-electron chi connectivity index (χ4n) is 4.56. The van der Waals surface area contributed by atoms with Crippen molar-refractivity contribution in [2.45, 2.75) is 19.6 Å². The van der Waals surface area contributed by atoms with Crippen molar-refractivity contribution in [3.05, 3.63) is 82.5 Å². The maximum atomic E-state index is 14.0. The van der Waals surface area contributed by atoms with E-state index in [2.05, 4.69) is 27.4 Å². The summed E-state index contributed by atoms with van der Waals surface area (Å²) in [7, 11) is 0. The molecule has 0 atom stereocenters. The molecule has 0 unspecified atom stereocenters. The van der Waals surface area contributed by atoms with Crippen LogP contribution in [0.5, 0.6) is 0 Å². The molecule has 2 aromatic heterocycles. The van der Waals surface area contributed by atoms with Gasteiger partial charge in [-0.3, -0.25) is 0 Å². The van der Waals surface area contributed by atoms with Crippen LogP contribution in [0.15, 0.2) is 65.8 Å². The van der Waals surface area contributed by atoms with Gasteiger partial charge in [-0.05, 0) is 6.54 Å². The van der Waals surface area contributed by atoms with Crippen LogP contribution in [-0.4, -0.2) is 64.5 Å². The number of alkyl halides is 3. The van der Waals surface area contributed by atoms with Crippen LogP contribution in [0.2, 0.25) is 0 Å². The molecule has 42 heavy (non-hydrogen) atoms. The van der Waals surface area contributed by atoms with Gasteiger partial charge in [0.2, 0.25) is 0 Å². The van der Waals surface area contributed by atoms with Gasteiger partial charge in [-0.25, -0.2) is 0 Å². The number of amides is 2. The summed E-state index contributed by atoms with van der Waals surface area (Å²) in [4.78, 5) is 35.4. The molecule has 2 N–H and O–H groups in total. The molecular formula is C29H30F3N5O2SY2. The van der Waals surface area contributed by atoms with Gasteiger partial charge in [0.25, 0.3) is 0 Å². The summed E-state index contributed by atoms with van der Waals surface area (Å²) in [5.74, 6) is -0.864. The first-order chi connectivity index (χ1) is 20.1. The number of nitrogens with one attached hydrogen (secondary N) is 2. The predicted molar refractivity (Wildman–Crippen MR) is 154 cm³/mol. The fraction of sp³-hybridized carbons (Fsp3) is 0.276. The van der Waals surface area contributed by atoms with E-state index >= 15 is 0 Å². The number of likely N-dealkylation sites (N-methyl/N-ethyl adjacent to an activating group) is 1. The van der Waals surface area contributed by atoms with Crippen LogP contribution in [0.4, 0.5) is 18.9 Å². The second-order valence-corrected chi connectivity index (χ2v) is 13.6. The van der Waals surface area contributed by atoms with Gasteiger partial charge in [-0.2, -0.15) is 0 Å². The van der Waals surface area contributed by atoms with E-state index in [1.165, 1.54) is 18.3 Å². The zero-order valence-electron chi connectivity index (χ0n) is 23.2. The minimum absolute atomic E-state index is 0.0724. The molecule has 3 heterocycles. The van der Waals surface area contributed by atoms with Crippen LogP contribution in [0.1, 0.15) is 28.4 Å². The van der Waals surface area contributed by atoms with E-state index in [4.69, 9.17) is 0 Å². The van der Waals surface area contributed by atoms with Crippen LogP contribution in [0.3, 0.4) is 0 Å². The van der Waals surface area contributed by atoms with E-state index in [-0.39, 0.29) is 84.6 Å². The summed E-state index contributed by atoms with van der Waals surface area (Å²) in [5, 5.41) is 7.40. The van der Waals surface area contributed by atoms with Gasteiger partial charge in [0.15, 0.2) is 0 Å². The van der Waals surface area contributed by atoms with E-state index in [0.717, 1.165) is 36.1 Å². The van der Waals surface area contributed by atoms with Gasteiger partial charge < -0.3 is 4.90 Å². The molecule has 0 bridgehead atoms. The zero-order chi connectivity index (χ0) is 30.3. The molecule has 1 aliphatic rings. The van der Waals surface area contributed by atoms with Gasteiger partial charge in [0, 0.05) is 0 Å². The number of piperazine rings is 1. The number of benzene rings is 1. The number of carbonyl (C=O) groups is 2. The van der Waals surface area contributed by atoms with Crippen LogP contribution in [0, 0.1) is 0 Å². The Balaban J connectivity index is 1.43. The first kappa shape index (κ1) is 33.3. The van der Waals surface area contributed by atoms with Gasteiger partial charge in [0.1, 0.15) is 0 Å². The standard InChI is InChI=1S/C29H28F3N5O2S.2Y.2H/c1-3-36-10-12-37(13-11-36)19-21-6-7-24(16-25(21)29(30,31)32)35-27(38)20(2)8-9-34-28(39)23-15-22(17-33-18-23)26-5-4-14-40-26;;;;/h2,4-8,14-18H,3,10-13,19H2,1H3,(H,34,39)(H,35,38);;;;/b20-8+;;;;. The molecule has 4 rings (SSSR count). The summed E-state index contributed by atoms with van der Waals surface area (Å²) in [5.41, 5.74) is 1.05. The molecule has 1 aliphatic heterocycles. The molecule has 13 heteroatoms. The molecule has 0 spiro atoms. The Morgan fingerprint density at radius 3 is 2.48 bits per heavy atom. The average Bonchev–Trinajstić information content (AvgIpc) is 3.52. The number of carbonyl (C=O) groups excluding carboxylic acids is 2. The third-order valence-corrected chi connectivity index (χ3v) is 9.81. The van der Waals surface area contributed by atoms with E-state index in [1.54, 1.807) is 32.5 Å². The van der Waals surface area contributed by atoms with Crippen molar-refractivity contribution in [2.75, 3.05) is 38.0 Å². The molecule has 2 amide bonds. The van der Waals surface area contributed by atoms with Gasteiger partial charge in [-0.15, -0.1) is 0 Å². The molecule has 7 nitrogen and oxygen atoms in total. The van der Waals surface area contributed by atoms with Gasteiger partial charge in [-0.1, -0.05) is 6.92 Å². The van der Waals surface area contributed by atoms with Crippen molar-refractivity contribution in [1.29, 1.82) is 0 Å². The quantitative estimate of drug-likeness (QED) is 0.310. The van der Waals surface area contributed by atoms with E-state index < -0.39 is 17.6 Å². The Morgan fingerprint density at radius 1 is 1.10 bits per heavy atom. The Hall–Kier alpha value is -1.59. The number of hydrogen-bond donors (Lipinski definition) is 2. The average molecular weight is 747 g/mol. The minimum atomic E-state index is -4.55. The number of aromatic nitrogens is 1. The van der Waals surface area contributed by atoms with Crippen molar-refractivity contribution < 1.29 is 83.7 Å². The molecule has 0 saturated carbocycles. The Bertz CT molecular complexity index is 1490. The van der Waals surface area contributed by atoms with Crippen molar-refractivity contribution in [2.24, 2.45) is 0 Å². The number of halogens is 3. The first-order valence-corrected chi connectivity index (χ1v) is 18.0. The number of anilines is 1. The second kappa shape index (κ2) is 15.4. The third-order valence-electron chi connectivity index (χ3n) is 6.87. The van der Waals surface area contributed by atoms with Crippen LogP contribution in [0.25, 0.3) is 10.4 Å². The maximum absolute atomic E-state index is 14.0. The van der Waals surface area contributed by atoms with Crippen LogP contribution < -0.4 is 10.6 Å². The summed E-state index contributed by atoms with van der Waals surface area (Å²) in [6, 6.07) is 9.60. The van der Waals surface area contributed by atoms with Gasteiger partial charge >= 0.3 is 270 Å². The van der Waals surface area contributed by atoms with Crippen molar-refractivity contribution in [3.63, 3.8) is 0 Å². The second-order valence-electron chi connectivity index (χ2n) is 9.76. The Labute approximate surface area is 285 Å². The number of rotatable bonds is 10. The van der Waals surface area contributed by atoms with Crippen molar-refractivity contribution in [1.82, 2.24) is 20.1 Å². The van der Waals surface area contributed by atoms with Crippen molar-refractivity contribution in [3.8, 4) is 10.4 Å². The third kappa shape index (κ3) is 9.21. The SMILES string of the molecule is CCN1CCN(Cc2ccc(NC(=O)/C([CH]=[YH])=C/[C](=[YH])NC(=O)c3cncc(-c4cccs4)c3)cc2C(F)(F)F)CC1.